The number of fused-ring (bicyclic) bond motifs is 1. The monoisotopic (exact) mass is 350 g/mol. The second kappa shape index (κ2) is 6.90. The van der Waals surface area contributed by atoms with Gasteiger partial charge in [0.05, 0.1) is 17.1 Å². The Morgan fingerprint density at radius 3 is 2.88 bits per heavy atom. The van der Waals surface area contributed by atoms with Crippen LogP contribution in [0, 0.1) is 0 Å². The minimum absolute atomic E-state index is 0.0166. The molecule has 134 valence electrons. The summed E-state index contributed by atoms with van der Waals surface area (Å²) in [6.45, 7) is 0.450. The molecule has 3 aromatic rings. The topological polar surface area (TPSA) is 82.2 Å². The number of imidazole rings is 1. The van der Waals surface area contributed by atoms with E-state index in [2.05, 4.69) is 9.88 Å². The summed E-state index contributed by atoms with van der Waals surface area (Å²) >= 11 is 0. The van der Waals surface area contributed by atoms with E-state index in [1.807, 2.05) is 55.6 Å². The Labute approximate surface area is 152 Å². The number of benzene rings is 2. The Balaban J connectivity index is 1.57. The molecule has 0 aliphatic carbocycles. The molecule has 1 amide bonds. The Bertz CT molecular complexity index is 950. The first-order valence-electron chi connectivity index (χ1n) is 8.84. The Morgan fingerprint density at radius 2 is 2.12 bits per heavy atom. The van der Waals surface area contributed by atoms with Gasteiger partial charge in [-0.05, 0) is 37.1 Å². The maximum absolute atomic E-state index is 12.4. The van der Waals surface area contributed by atoms with Gasteiger partial charge in [0.15, 0.2) is 0 Å². The molecule has 0 saturated carbocycles. The van der Waals surface area contributed by atoms with Crippen molar-refractivity contribution in [3.63, 3.8) is 0 Å². The SMILES string of the molecule is Cn1c(-c2cccc(NC(=O)[C@@H]3CC[C@H](CN)O3)c2)nc2ccccc21. The van der Waals surface area contributed by atoms with E-state index >= 15 is 0 Å². The first-order chi connectivity index (χ1) is 12.7. The van der Waals surface area contributed by atoms with E-state index in [9.17, 15) is 4.79 Å². The molecule has 26 heavy (non-hydrogen) atoms. The predicted molar refractivity (Wildman–Crippen MR) is 102 cm³/mol. The first-order valence-corrected chi connectivity index (χ1v) is 8.84. The summed E-state index contributed by atoms with van der Waals surface area (Å²) in [6.07, 6.45) is 1.09. The number of hydrogen-bond donors (Lipinski definition) is 2. The number of nitrogens with two attached hydrogens (primary N) is 1. The van der Waals surface area contributed by atoms with E-state index in [0.717, 1.165) is 34.5 Å². The summed E-state index contributed by atoms with van der Waals surface area (Å²) in [5, 5.41) is 2.95. The van der Waals surface area contributed by atoms with Crippen molar-refractivity contribution in [1.82, 2.24) is 9.55 Å². The van der Waals surface area contributed by atoms with Crippen LogP contribution in [0.2, 0.25) is 0 Å². The molecule has 2 heterocycles. The average Bonchev–Trinajstić information content (AvgIpc) is 3.27. The minimum atomic E-state index is -0.428. The van der Waals surface area contributed by atoms with Crippen molar-refractivity contribution >= 4 is 22.6 Å². The highest BCUT2D eigenvalue weighted by Gasteiger charge is 2.29. The number of anilines is 1. The number of nitrogens with zero attached hydrogens (tertiary/aromatic N) is 2. The summed E-state index contributed by atoms with van der Waals surface area (Å²) in [4.78, 5) is 17.1. The van der Waals surface area contributed by atoms with E-state index in [4.69, 9.17) is 15.5 Å². The van der Waals surface area contributed by atoms with Gasteiger partial charge in [0, 0.05) is 24.8 Å². The van der Waals surface area contributed by atoms with Crippen molar-refractivity contribution in [2.75, 3.05) is 11.9 Å². The highest BCUT2D eigenvalue weighted by Crippen LogP contribution is 2.26. The molecule has 1 aliphatic rings. The lowest BCUT2D eigenvalue weighted by molar-refractivity contribution is -0.126. The number of nitrogens with one attached hydrogen (secondary N) is 1. The van der Waals surface area contributed by atoms with Crippen LogP contribution in [0.1, 0.15) is 12.8 Å². The van der Waals surface area contributed by atoms with Crippen LogP contribution in [0.15, 0.2) is 48.5 Å². The van der Waals surface area contributed by atoms with Crippen molar-refractivity contribution in [2.45, 2.75) is 25.0 Å². The number of carbonyl (C=O) groups is 1. The lowest BCUT2D eigenvalue weighted by Crippen LogP contribution is -2.29. The van der Waals surface area contributed by atoms with Crippen molar-refractivity contribution in [1.29, 1.82) is 0 Å². The fourth-order valence-electron chi connectivity index (χ4n) is 3.43. The lowest BCUT2D eigenvalue weighted by Gasteiger charge is -2.13. The third-order valence-electron chi connectivity index (χ3n) is 4.84. The second-order valence-corrected chi connectivity index (χ2v) is 6.61. The fraction of sp³-hybridized carbons (Fsp3) is 0.300. The zero-order chi connectivity index (χ0) is 18.1. The number of amides is 1. The zero-order valence-electron chi connectivity index (χ0n) is 14.7. The van der Waals surface area contributed by atoms with Crippen molar-refractivity contribution in [3.05, 3.63) is 48.5 Å². The molecule has 0 spiro atoms. The van der Waals surface area contributed by atoms with Crippen LogP contribution in [-0.2, 0) is 16.6 Å². The third kappa shape index (κ3) is 3.09. The van der Waals surface area contributed by atoms with Gasteiger partial charge in [-0.1, -0.05) is 24.3 Å². The summed E-state index contributed by atoms with van der Waals surface area (Å²) in [5.41, 5.74) is 9.32. The van der Waals surface area contributed by atoms with E-state index in [-0.39, 0.29) is 12.0 Å². The summed E-state index contributed by atoms with van der Waals surface area (Å²) in [5.74, 6) is 0.741. The molecule has 2 atom stereocenters. The number of para-hydroxylation sites is 2. The van der Waals surface area contributed by atoms with Crippen LogP contribution in [-0.4, -0.2) is 34.2 Å². The second-order valence-electron chi connectivity index (χ2n) is 6.61. The van der Waals surface area contributed by atoms with Crippen molar-refractivity contribution < 1.29 is 9.53 Å². The van der Waals surface area contributed by atoms with Gasteiger partial charge in [0.25, 0.3) is 5.91 Å². The molecule has 1 fully saturated rings. The first kappa shape index (κ1) is 16.8. The fourth-order valence-corrected chi connectivity index (χ4v) is 3.43. The standard InChI is InChI=1S/C20H22N4O2/c1-24-17-8-3-2-7-16(17)23-19(24)13-5-4-6-14(11-13)22-20(25)18-10-9-15(12-21)26-18/h2-8,11,15,18H,9-10,12,21H2,1H3,(H,22,25)/t15-,18+/m1/s1. The van der Waals surface area contributed by atoms with E-state index < -0.39 is 6.10 Å². The van der Waals surface area contributed by atoms with Gasteiger partial charge in [-0.25, -0.2) is 4.98 Å². The van der Waals surface area contributed by atoms with E-state index in [1.54, 1.807) is 0 Å². The molecular formula is C20H22N4O2. The van der Waals surface area contributed by atoms with E-state index in [1.165, 1.54) is 0 Å². The third-order valence-corrected chi connectivity index (χ3v) is 4.84. The maximum atomic E-state index is 12.4. The molecule has 6 nitrogen and oxygen atoms in total. The average molecular weight is 350 g/mol. The van der Waals surface area contributed by atoms with Crippen LogP contribution in [0.3, 0.4) is 0 Å². The van der Waals surface area contributed by atoms with Gasteiger partial charge < -0.3 is 20.4 Å². The Kier molecular flexibility index (Phi) is 4.44. The van der Waals surface area contributed by atoms with Crippen LogP contribution < -0.4 is 11.1 Å². The Hall–Kier alpha value is -2.70. The molecule has 3 N–H and O–H groups in total. The summed E-state index contributed by atoms with van der Waals surface area (Å²) in [6, 6.07) is 15.7. The van der Waals surface area contributed by atoms with Gasteiger partial charge in [0.1, 0.15) is 11.9 Å². The number of hydrogen-bond acceptors (Lipinski definition) is 4. The normalized spacial score (nSPS) is 19.8. The minimum Gasteiger partial charge on any atom is -0.364 e. The molecule has 0 radical (unpaired) electrons. The molecule has 2 aromatic carbocycles. The zero-order valence-corrected chi connectivity index (χ0v) is 14.7. The highest BCUT2D eigenvalue weighted by molar-refractivity contribution is 5.95. The smallest absolute Gasteiger partial charge is 0.253 e. The molecule has 0 bridgehead atoms. The Morgan fingerprint density at radius 1 is 1.27 bits per heavy atom. The van der Waals surface area contributed by atoms with Gasteiger partial charge in [-0.3, -0.25) is 4.79 Å². The summed E-state index contributed by atoms with van der Waals surface area (Å²) in [7, 11) is 2.00. The molecule has 6 heteroatoms. The van der Waals surface area contributed by atoms with Gasteiger partial charge in [-0.15, -0.1) is 0 Å². The van der Waals surface area contributed by atoms with E-state index in [0.29, 0.717) is 13.0 Å². The van der Waals surface area contributed by atoms with Gasteiger partial charge in [-0.2, -0.15) is 0 Å². The largest absolute Gasteiger partial charge is 0.364 e. The number of carbonyl (C=O) groups excluding carboxylic acids is 1. The quantitative estimate of drug-likeness (QED) is 0.758. The van der Waals surface area contributed by atoms with Crippen LogP contribution in [0.4, 0.5) is 5.69 Å². The maximum Gasteiger partial charge on any atom is 0.253 e. The number of rotatable bonds is 4. The number of aryl methyl sites for hydroxylation is 1. The van der Waals surface area contributed by atoms with Crippen LogP contribution in [0.25, 0.3) is 22.4 Å². The van der Waals surface area contributed by atoms with Crippen molar-refractivity contribution in [3.8, 4) is 11.4 Å². The number of aromatic nitrogens is 2. The molecule has 0 unspecified atom stereocenters. The predicted octanol–water partition coefficient (Wildman–Crippen LogP) is 2.69. The highest BCUT2D eigenvalue weighted by atomic mass is 16.5. The molecular weight excluding hydrogens is 328 g/mol. The molecule has 4 rings (SSSR count). The van der Waals surface area contributed by atoms with Crippen LogP contribution >= 0.6 is 0 Å². The molecule has 1 aliphatic heterocycles. The van der Waals surface area contributed by atoms with Gasteiger partial charge >= 0.3 is 0 Å². The summed E-state index contributed by atoms with van der Waals surface area (Å²) < 4.78 is 7.72. The van der Waals surface area contributed by atoms with Crippen molar-refractivity contribution in [2.24, 2.45) is 12.8 Å². The molecule has 1 aromatic heterocycles. The van der Waals surface area contributed by atoms with Gasteiger partial charge in [0.2, 0.25) is 0 Å². The van der Waals surface area contributed by atoms with Crippen LogP contribution in [0.5, 0.6) is 0 Å². The molecule has 1 saturated heterocycles. The lowest BCUT2D eigenvalue weighted by atomic mass is 10.1. The number of ether oxygens (including phenoxy) is 1.